The predicted octanol–water partition coefficient (Wildman–Crippen LogP) is 5.34. The van der Waals surface area contributed by atoms with Gasteiger partial charge in [0, 0.05) is 19.2 Å². The van der Waals surface area contributed by atoms with Crippen LogP contribution in [0.25, 0.3) is 11.1 Å². The van der Waals surface area contributed by atoms with Crippen LogP contribution in [0.4, 0.5) is 10.4 Å². The normalized spacial score (nSPS) is 11.8. The fourth-order valence-corrected chi connectivity index (χ4v) is 3.58. The summed E-state index contributed by atoms with van der Waals surface area (Å²) in [6.07, 6.45) is 0.429. The molecule has 1 heterocycles. The van der Waals surface area contributed by atoms with Gasteiger partial charge in [0.1, 0.15) is 22.8 Å². The lowest BCUT2D eigenvalue weighted by atomic mass is 10.1. The molecule has 182 valence electrons. The van der Waals surface area contributed by atoms with Crippen LogP contribution in [0.2, 0.25) is 0 Å². The molecule has 4 rings (SSSR count). The maximum absolute atomic E-state index is 13.6. The monoisotopic (exact) mass is 478 g/mol. The molecule has 3 aromatic carbocycles. The second-order valence-corrected chi connectivity index (χ2v) is 8.11. The fourth-order valence-electron chi connectivity index (χ4n) is 3.58. The maximum atomic E-state index is 13.6. The Morgan fingerprint density at radius 3 is 2.66 bits per heavy atom. The Kier molecular flexibility index (Phi) is 7.82. The summed E-state index contributed by atoms with van der Waals surface area (Å²) >= 11 is 0. The summed E-state index contributed by atoms with van der Waals surface area (Å²) in [6, 6.07) is 21.6. The Morgan fingerprint density at radius 2 is 1.86 bits per heavy atom. The van der Waals surface area contributed by atoms with Crippen molar-refractivity contribution in [1.82, 2.24) is 4.98 Å². The van der Waals surface area contributed by atoms with E-state index < -0.39 is 12.1 Å². The molecule has 0 saturated heterocycles. The number of para-hydroxylation sites is 1. The second kappa shape index (κ2) is 11.4. The first kappa shape index (κ1) is 24.1. The van der Waals surface area contributed by atoms with Crippen LogP contribution < -0.4 is 14.4 Å². The van der Waals surface area contributed by atoms with Crippen LogP contribution in [0.3, 0.4) is 0 Å². The summed E-state index contributed by atoms with van der Waals surface area (Å²) in [5.74, 6) is -0.0828. The molecule has 0 radical (unpaired) electrons. The smallest absolute Gasteiger partial charge is 0.344 e. The Hall–Kier alpha value is -4.07. The van der Waals surface area contributed by atoms with Crippen LogP contribution in [0.5, 0.6) is 11.5 Å². The van der Waals surface area contributed by atoms with Crippen molar-refractivity contribution in [2.75, 3.05) is 24.6 Å². The van der Waals surface area contributed by atoms with Gasteiger partial charge in [-0.3, -0.25) is 0 Å². The average molecular weight is 479 g/mol. The van der Waals surface area contributed by atoms with Gasteiger partial charge in [-0.25, -0.2) is 9.18 Å². The summed E-state index contributed by atoms with van der Waals surface area (Å²) in [4.78, 5) is 17.6. The van der Waals surface area contributed by atoms with Crippen molar-refractivity contribution in [3.63, 3.8) is 0 Å². The van der Waals surface area contributed by atoms with Gasteiger partial charge in [-0.05, 0) is 61.7 Å². The van der Waals surface area contributed by atoms with Crippen LogP contribution in [0.15, 0.2) is 77.2 Å². The van der Waals surface area contributed by atoms with Crippen LogP contribution in [0, 0.1) is 5.82 Å². The lowest BCUT2D eigenvalue weighted by Crippen LogP contribution is -2.28. The Morgan fingerprint density at radius 1 is 1.06 bits per heavy atom. The van der Waals surface area contributed by atoms with Crippen molar-refractivity contribution in [2.24, 2.45) is 0 Å². The molecule has 8 heteroatoms. The Balaban J connectivity index is 1.44. The number of halogens is 1. The lowest BCUT2D eigenvalue weighted by Gasteiger charge is -2.21. The molecule has 0 bridgehead atoms. The highest BCUT2D eigenvalue weighted by molar-refractivity contribution is 5.74. The number of oxazole rings is 1. The van der Waals surface area contributed by atoms with Crippen LogP contribution >= 0.6 is 0 Å². The van der Waals surface area contributed by atoms with E-state index in [2.05, 4.69) is 4.98 Å². The van der Waals surface area contributed by atoms with Gasteiger partial charge < -0.3 is 23.9 Å². The number of anilines is 1. The Labute approximate surface area is 202 Å². The standard InChI is InChI=1S/C27H27FN2O5/c1-19(26(31)32)34-23-10-5-7-20(17-23)13-15-30(14-6-16-33-22-8-3-2-4-9-22)27-29-24-18-21(28)11-12-25(24)35-27/h2-5,7-12,17-19H,6,13-16H2,1H3,(H,31,32). The van der Waals surface area contributed by atoms with Crippen LogP contribution in [-0.4, -0.2) is 41.9 Å². The summed E-state index contributed by atoms with van der Waals surface area (Å²) in [5, 5.41) is 9.08. The topological polar surface area (TPSA) is 85.0 Å². The molecule has 4 aromatic rings. The number of carboxylic acids is 1. The maximum Gasteiger partial charge on any atom is 0.344 e. The first-order valence-electron chi connectivity index (χ1n) is 11.5. The molecule has 0 aliphatic carbocycles. The van der Waals surface area contributed by atoms with Crippen molar-refractivity contribution in [2.45, 2.75) is 25.9 Å². The molecule has 1 atom stereocenters. The zero-order chi connectivity index (χ0) is 24.6. The van der Waals surface area contributed by atoms with Crippen molar-refractivity contribution < 1.29 is 28.2 Å². The summed E-state index contributed by atoms with van der Waals surface area (Å²) in [5.41, 5.74) is 1.96. The van der Waals surface area contributed by atoms with Crippen molar-refractivity contribution in [1.29, 1.82) is 0 Å². The zero-order valence-corrected chi connectivity index (χ0v) is 19.4. The number of hydrogen-bond acceptors (Lipinski definition) is 6. The van der Waals surface area contributed by atoms with E-state index in [1.165, 1.54) is 19.1 Å². The highest BCUT2D eigenvalue weighted by Gasteiger charge is 2.16. The number of nitrogens with zero attached hydrogens (tertiary/aromatic N) is 2. The molecule has 0 aliphatic heterocycles. The average Bonchev–Trinajstić information content (AvgIpc) is 3.27. The minimum Gasteiger partial charge on any atom is -0.494 e. The number of aromatic nitrogens is 1. The number of carbonyl (C=O) groups is 1. The van der Waals surface area contributed by atoms with Crippen LogP contribution in [-0.2, 0) is 11.2 Å². The second-order valence-electron chi connectivity index (χ2n) is 8.11. The van der Waals surface area contributed by atoms with Crippen LogP contribution in [0.1, 0.15) is 18.9 Å². The molecule has 1 unspecified atom stereocenters. The molecule has 0 spiro atoms. The molecule has 35 heavy (non-hydrogen) atoms. The third kappa shape index (κ3) is 6.72. The summed E-state index contributed by atoms with van der Waals surface area (Å²) < 4.78 is 30.8. The molecule has 1 aromatic heterocycles. The lowest BCUT2D eigenvalue weighted by molar-refractivity contribution is -0.144. The quantitative estimate of drug-likeness (QED) is 0.275. The van der Waals surface area contributed by atoms with Crippen molar-refractivity contribution >= 4 is 23.1 Å². The predicted molar refractivity (Wildman–Crippen MR) is 131 cm³/mol. The van der Waals surface area contributed by atoms with E-state index in [0.717, 1.165) is 17.7 Å². The van der Waals surface area contributed by atoms with E-state index in [1.54, 1.807) is 12.1 Å². The molecular formula is C27H27FN2O5. The van der Waals surface area contributed by atoms with E-state index in [-0.39, 0.29) is 5.82 Å². The molecule has 0 fully saturated rings. The van der Waals surface area contributed by atoms with Gasteiger partial charge in [-0.2, -0.15) is 4.98 Å². The van der Waals surface area contributed by atoms with Gasteiger partial charge in [0.05, 0.1) is 6.61 Å². The highest BCUT2D eigenvalue weighted by atomic mass is 19.1. The minimum absolute atomic E-state index is 0.368. The molecule has 0 saturated carbocycles. The largest absolute Gasteiger partial charge is 0.494 e. The molecule has 1 N–H and O–H groups in total. The van der Waals surface area contributed by atoms with Gasteiger partial charge in [-0.15, -0.1) is 0 Å². The Bertz CT molecular complexity index is 1260. The van der Waals surface area contributed by atoms with Crippen molar-refractivity contribution in [3.05, 3.63) is 84.2 Å². The van der Waals surface area contributed by atoms with Crippen molar-refractivity contribution in [3.8, 4) is 11.5 Å². The van der Waals surface area contributed by atoms with Gasteiger partial charge in [-0.1, -0.05) is 30.3 Å². The van der Waals surface area contributed by atoms with Gasteiger partial charge in [0.15, 0.2) is 11.7 Å². The first-order chi connectivity index (χ1) is 17.0. The number of hydrogen-bond donors (Lipinski definition) is 1. The number of ether oxygens (including phenoxy) is 2. The SMILES string of the molecule is CC(Oc1cccc(CCN(CCCOc2ccccc2)c2nc3cc(F)ccc3o2)c1)C(=O)O. The number of carboxylic acid groups (broad SMARTS) is 1. The highest BCUT2D eigenvalue weighted by Crippen LogP contribution is 2.24. The molecule has 7 nitrogen and oxygen atoms in total. The summed E-state index contributed by atoms with van der Waals surface area (Å²) in [6.45, 7) is 3.21. The third-order valence-corrected chi connectivity index (χ3v) is 5.42. The van der Waals surface area contributed by atoms with Gasteiger partial charge in [0.2, 0.25) is 0 Å². The van der Waals surface area contributed by atoms with E-state index in [9.17, 15) is 9.18 Å². The fraction of sp³-hybridized carbons (Fsp3) is 0.259. The van der Waals surface area contributed by atoms with E-state index in [1.807, 2.05) is 53.4 Å². The van der Waals surface area contributed by atoms with E-state index in [0.29, 0.717) is 49.0 Å². The molecule has 0 amide bonds. The summed E-state index contributed by atoms with van der Waals surface area (Å²) in [7, 11) is 0. The third-order valence-electron chi connectivity index (χ3n) is 5.42. The number of fused-ring (bicyclic) bond motifs is 1. The first-order valence-corrected chi connectivity index (χ1v) is 11.5. The number of aliphatic carboxylic acids is 1. The van der Waals surface area contributed by atoms with E-state index in [4.69, 9.17) is 19.0 Å². The molecule has 0 aliphatic rings. The van der Waals surface area contributed by atoms with Gasteiger partial charge in [0.25, 0.3) is 6.01 Å². The van der Waals surface area contributed by atoms with E-state index >= 15 is 0 Å². The number of benzene rings is 3. The number of rotatable bonds is 12. The zero-order valence-electron chi connectivity index (χ0n) is 19.4. The minimum atomic E-state index is -1.02. The molecular weight excluding hydrogens is 451 g/mol. The van der Waals surface area contributed by atoms with Gasteiger partial charge >= 0.3 is 5.97 Å².